The van der Waals surface area contributed by atoms with Crippen molar-refractivity contribution < 1.29 is 9.59 Å². The Morgan fingerprint density at radius 2 is 1.77 bits per heavy atom. The summed E-state index contributed by atoms with van der Waals surface area (Å²) in [5.41, 5.74) is 8.44. The van der Waals surface area contributed by atoms with E-state index in [0.29, 0.717) is 42.5 Å². The van der Waals surface area contributed by atoms with Gasteiger partial charge in [0, 0.05) is 36.7 Å². The summed E-state index contributed by atoms with van der Waals surface area (Å²) in [5, 5.41) is 4.68. The molecular weight excluding hydrogens is 578 g/mol. The van der Waals surface area contributed by atoms with Crippen molar-refractivity contribution in [2.75, 3.05) is 13.1 Å². The van der Waals surface area contributed by atoms with Crippen molar-refractivity contribution in [2.24, 2.45) is 11.7 Å². The third-order valence-electron chi connectivity index (χ3n) is 7.62. The predicted molar refractivity (Wildman–Crippen MR) is 162 cm³/mol. The molecule has 10 heteroatoms. The number of rotatable bonds is 9. The van der Waals surface area contributed by atoms with E-state index in [4.69, 9.17) is 40.5 Å². The minimum atomic E-state index is -0.543. The number of carbonyl (C=O) groups is 2. The predicted octanol–water partition coefficient (Wildman–Crippen LogP) is 5.73. The number of carbonyl (C=O) groups excluding carboxylic acids is 2. The van der Waals surface area contributed by atoms with Crippen molar-refractivity contribution >= 4 is 59.0 Å². The van der Waals surface area contributed by atoms with Gasteiger partial charge in [0.15, 0.2) is 0 Å². The number of amides is 2. The van der Waals surface area contributed by atoms with Crippen molar-refractivity contribution in [1.82, 2.24) is 15.1 Å². The van der Waals surface area contributed by atoms with Gasteiger partial charge in [0.1, 0.15) is 6.04 Å². The van der Waals surface area contributed by atoms with E-state index in [0.717, 1.165) is 29.8 Å². The Morgan fingerprint density at radius 1 is 1.08 bits per heavy atom. The number of aryl methyl sites for hydroxylation is 1. The highest BCUT2D eigenvalue weighted by atomic mass is 35.5. The summed E-state index contributed by atoms with van der Waals surface area (Å²) in [5.74, 6) is 0.114. The van der Waals surface area contributed by atoms with E-state index in [9.17, 15) is 9.59 Å². The van der Waals surface area contributed by atoms with Gasteiger partial charge in [-0.2, -0.15) is 0 Å². The molecular formula is C29H38Cl4N4O2. The van der Waals surface area contributed by atoms with Gasteiger partial charge >= 0.3 is 0 Å². The average molecular weight is 616 g/mol. The highest BCUT2D eigenvalue weighted by Crippen LogP contribution is 2.31. The van der Waals surface area contributed by atoms with Gasteiger partial charge < -0.3 is 16.0 Å². The van der Waals surface area contributed by atoms with Crippen molar-refractivity contribution in [3.63, 3.8) is 0 Å². The van der Waals surface area contributed by atoms with Crippen LogP contribution in [0.25, 0.3) is 0 Å². The van der Waals surface area contributed by atoms with Crippen LogP contribution >= 0.6 is 47.2 Å². The van der Waals surface area contributed by atoms with Crippen LogP contribution in [0.15, 0.2) is 42.5 Å². The first-order valence-corrected chi connectivity index (χ1v) is 14.5. The SMILES string of the molecule is CC(C)C[C@H](C(=O)NCc1ccc(Cl)c(Cl)c1)N1CCC(CCc2ccc(Cl)cc2)N2C[C@H](N)C[C@H]2C1=O.Cl. The molecule has 6 nitrogen and oxygen atoms in total. The average Bonchev–Trinajstić information content (AvgIpc) is 3.22. The summed E-state index contributed by atoms with van der Waals surface area (Å²) < 4.78 is 0. The molecule has 214 valence electrons. The van der Waals surface area contributed by atoms with E-state index in [1.165, 1.54) is 5.56 Å². The molecule has 2 aromatic rings. The van der Waals surface area contributed by atoms with E-state index in [2.05, 4.69) is 36.2 Å². The number of hydrogen-bond acceptors (Lipinski definition) is 4. The maximum atomic E-state index is 13.9. The fourth-order valence-corrected chi connectivity index (χ4v) is 6.13. The zero-order chi connectivity index (χ0) is 27.4. The molecule has 2 fully saturated rings. The first-order valence-electron chi connectivity index (χ1n) is 13.4. The second-order valence-corrected chi connectivity index (χ2v) is 12.2. The third kappa shape index (κ3) is 8.25. The Kier molecular flexibility index (Phi) is 11.8. The van der Waals surface area contributed by atoms with E-state index in [1.54, 1.807) is 12.1 Å². The molecule has 2 aliphatic heterocycles. The lowest BCUT2D eigenvalue weighted by molar-refractivity contribution is -0.143. The van der Waals surface area contributed by atoms with Gasteiger partial charge in [-0.25, -0.2) is 0 Å². The van der Waals surface area contributed by atoms with Crippen molar-refractivity contribution in [1.29, 1.82) is 0 Å². The van der Waals surface area contributed by atoms with Gasteiger partial charge in [0.25, 0.3) is 0 Å². The van der Waals surface area contributed by atoms with Gasteiger partial charge in [-0.1, -0.05) is 66.8 Å². The Labute approximate surface area is 252 Å². The lowest BCUT2D eigenvalue weighted by atomic mass is 9.99. The topological polar surface area (TPSA) is 78.7 Å². The molecule has 3 N–H and O–H groups in total. The van der Waals surface area contributed by atoms with E-state index < -0.39 is 6.04 Å². The van der Waals surface area contributed by atoms with Crippen molar-refractivity contribution in [2.45, 2.75) is 76.7 Å². The third-order valence-corrected chi connectivity index (χ3v) is 8.61. The molecule has 4 rings (SSSR count). The fourth-order valence-electron chi connectivity index (χ4n) is 5.68. The molecule has 0 spiro atoms. The first kappa shape index (κ1) is 32.0. The van der Waals surface area contributed by atoms with Crippen molar-refractivity contribution in [3.8, 4) is 0 Å². The van der Waals surface area contributed by atoms with Gasteiger partial charge in [-0.05, 0) is 73.4 Å². The second-order valence-electron chi connectivity index (χ2n) is 11.0. The summed E-state index contributed by atoms with van der Waals surface area (Å²) in [7, 11) is 0. The van der Waals surface area contributed by atoms with E-state index in [1.807, 2.05) is 23.1 Å². The zero-order valence-corrected chi connectivity index (χ0v) is 25.5. The number of nitrogens with zero attached hydrogens (tertiary/aromatic N) is 2. The number of nitrogens with one attached hydrogen (secondary N) is 1. The maximum Gasteiger partial charge on any atom is 0.243 e. The van der Waals surface area contributed by atoms with E-state index >= 15 is 0 Å². The normalized spacial score (nSPS) is 22.3. The van der Waals surface area contributed by atoms with Gasteiger partial charge in [0.2, 0.25) is 11.8 Å². The van der Waals surface area contributed by atoms with Crippen LogP contribution in [0.5, 0.6) is 0 Å². The molecule has 2 heterocycles. The quantitative estimate of drug-likeness (QED) is 0.377. The van der Waals surface area contributed by atoms with Crippen LogP contribution in [0.3, 0.4) is 0 Å². The van der Waals surface area contributed by atoms with Gasteiger partial charge in [-0.3, -0.25) is 14.5 Å². The fraction of sp³-hybridized carbons (Fsp3) is 0.517. The lowest BCUT2D eigenvalue weighted by Gasteiger charge is -2.33. The molecule has 0 aliphatic carbocycles. The number of fused-ring (bicyclic) bond motifs is 1. The standard InChI is InChI=1S/C29H37Cl3N4O2.ClH/c1-18(2)13-26(28(37)34-16-20-6-10-24(31)25(32)14-20)35-12-11-23(9-5-19-3-7-21(30)8-4-19)36-17-22(33)15-27(36)29(35)38;/h3-4,6-8,10,14,18,22-23,26-27H,5,9,11-13,15-17,33H2,1-2H3,(H,34,37);1H/t22-,23?,26-,27+;/m1./s1. The molecule has 2 aromatic carbocycles. The monoisotopic (exact) mass is 614 g/mol. The summed E-state index contributed by atoms with van der Waals surface area (Å²) in [6.07, 6.45) is 3.83. The molecule has 0 radical (unpaired) electrons. The molecule has 0 bridgehead atoms. The van der Waals surface area contributed by atoms with Gasteiger partial charge in [0.05, 0.1) is 16.1 Å². The number of halogens is 4. The summed E-state index contributed by atoms with van der Waals surface area (Å²) in [6.45, 7) is 5.72. The number of nitrogens with two attached hydrogens (primary N) is 1. The molecule has 2 amide bonds. The zero-order valence-electron chi connectivity index (χ0n) is 22.4. The summed E-state index contributed by atoms with van der Waals surface area (Å²) >= 11 is 18.2. The molecule has 0 saturated carbocycles. The Balaban J connectivity index is 0.00000420. The maximum absolute atomic E-state index is 13.9. The Bertz CT molecular complexity index is 1130. The largest absolute Gasteiger partial charge is 0.350 e. The lowest BCUT2D eigenvalue weighted by Crippen LogP contribution is -2.53. The molecule has 4 atom stereocenters. The summed E-state index contributed by atoms with van der Waals surface area (Å²) in [6, 6.07) is 12.6. The molecule has 2 saturated heterocycles. The molecule has 1 unspecified atom stereocenters. The number of benzene rings is 2. The first-order chi connectivity index (χ1) is 18.1. The highest BCUT2D eigenvalue weighted by Gasteiger charge is 2.45. The van der Waals surface area contributed by atoms with Crippen LogP contribution in [-0.2, 0) is 22.6 Å². The second kappa shape index (κ2) is 14.4. The molecule has 0 aromatic heterocycles. The Morgan fingerprint density at radius 3 is 2.44 bits per heavy atom. The minimum absolute atomic E-state index is 0. The molecule has 39 heavy (non-hydrogen) atoms. The smallest absolute Gasteiger partial charge is 0.243 e. The van der Waals surface area contributed by atoms with E-state index in [-0.39, 0.29) is 48.3 Å². The number of hydrogen-bond donors (Lipinski definition) is 2. The summed E-state index contributed by atoms with van der Waals surface area (Å²) in [4.78, 5) is 31.6. The van der Waals surface area contributed by atoms with Crippen LogP contribution in [0.2, 0.25) is 15.1 Å². The van der Waals surface area contributed by atoms with Crippen LogP contribution in [0.1, 0.15) is 50.7 Å². The van der Waals surface area contributed by atoms with Crippen molar-refractivity contribution in [3.05, 3.63) is 68.7 Å². The van der Waals surface area contributed by atoms with Crippen LogP contribution in [0.4, 0.5) is 0 Å². The molecule has 2 aliphatic rings. The highest BCUT2D eigenvalue weighted by molar-refractivity contribution is 6.42. The van der Waals surface area contributed by atoms with Crippen LogP contribution < -0.4 is 11.1 Å². The van der Waals surface area contributed by atoms with Crippen LogP contribution in [0, 0.1) is 5.92 Å². The van der Waals surface area contributed by atoms with Gasteiger partial charge in [-0.15, -0.1) is 12.4 Å². The Hall–Kier alpha value is -1.54. The van der Waals surface area contributed by atoms with Crippen LogP contribution in [-0.4, -0.2) is 58.9 Å². The minimum Gasteiger partial charge on any atom is -0.350 e.